The Labute approximate surface area is 128 Å². The Hall–Kier alpha value is -1.26. The summed E-state index contributed by atoms with van der Waals surface area (Å²) < 4.78 is 0. The predicted molar refractivity (Wildman–Crippen MR) is 80.2 cm³/mol. The summed E-state index contributed by atoms with van der Waals surface area (Å²) in [5, 5.41) is 3.58. The largest absolute Gasteiger partial charge is 0.342 e. The Balaban J connectivity index is 2.40. The number of carbonyl (C=O) groups excluding carboxylic acids is 2. The first-order chi connectivity index (χ1) is 9.20. The Morgan fingerprint density at radius 1 is 1.25 bits per heavy atom. The fourth-order valence-electron chi connectivity index (χ4n) is 2.14. The molecule has 1 fully saturated rings. The number of nitrogens with one attached hydrogen (secondary N) is 1. The van der Waals surface area contributed by atoms with Crippen molar-refractivity contribution in [3.05, 3.63) is 28.2 Å². The van der Waals surface area contributed by atoms with Crippen LogP contribution in [0.15, 0.2) is 18.2 Å². The van der Waals surface area contributed by atoms with Gasteiger partial charge < -0.3 is 5.32 Å². The van der Waals surface area contributed by atoms with Crippen LogP contribution >= 0.6 is 23.2 Å². The highest BCUT2D eigenvalue weighted by atomic mass is 35.5. The summed E-state index contributed by atoms with van der Waals surface area (Å²) in [6.07, 6.45) is 0. The number of piperazine rings is 1. The molecule has 4 nitrogen and oxygen atoms in total. The van der Waals surface area contributed by atoms with E-state index in [-0.39, 0.29) is 23.8 Å². The summed E-state index contributed by atoms with van der Waals surface area (Å²) in [4.78, 5) is 25.8. The Morgan fingerprint density at radius 2 is 1.90 bits per heavy atom. The lowest BCUT2D eigenvalue weighted by Crippen LogP contribution is -2.62. The number of amides is 2. The molecule has 0 radical (unpaired) electrons. The van der Waals surface area contributed by atoms with E-state index in [1.165, 1.54) is 4.90 Å². The van der Waals surface area contributed by atoms with Crippen molar-refractivity contribution >= 4 is 40.7 Å². The van der Waals surface area contributed by atoms with Crippen LogP contribution in [0, 0.1) is 5.41 Å². The second-order valence-corrected chi connectivity index (χ2v) is 6.73. The average molecular weight is 315 g/mol. The van der Waals surface area contributed by atoms with Gasteiger partial charge in [-0.05, 0) is 23.6 Å². The van der Waals surface area contributed by atoms with Gasteiger partial charge in [0.25, 0.3) is 5.91 Å². The average Bonchev–Trinajstić information content (AvgIpc) is 2.31. The SMILES string of the molecule is CC(C)(C)C1NC(=O)CN(c2ccc(Cl)cc2Cl)C1=O. The summed E-state index contributed by atoms with van der Waals surface area (Å²) in [5.41, 5.74) is 0.134. The van der Waals surface area contributed by atoms with Crippen LogP contribution < -0.4 is 10.2 Å². The van der Waals surface area contributed by atoms with E-state index in [0.29, 0.717) is 15.7 Å². The summed E-state index contributed by atoms with van der Waals surface area (Å²) in [6.45, 7) is 5.68. The first kappa shape index (κ1) is 15.1. The molecule has 2 rings (SSSR count). The molecular weight excluding hydrogens is 299 g/mol. The van der Waals surface area contributed by atoms with E-state index in [9.17, 15) is 9.59 Å². The van der Waals surface area contributed by atoms with Gasteiger partial charge in [-0.1, -0.05) is 44.0 Å². The highest BCUT2D eigenvalue weighted by Crippen LogP contribution is 2.32. The smallest absolute Gasteiger partial charge is 0.250 e. The molecule has 6 heteroatoms. The number of rotatable bonds is 1. The van der Waals surface area contributed by atoms with Crippen molar-refractivity contribution in [1.82, 2.24) is 5.32 Å². The lowest BCUT2D eigenvalue weighted by molar-refractivity contribution is -0.133. The topological polar surface area (TPSA) is 49.4 Å². The minimum atomic E-state index is -0.574. The molecule has 2 amide bonds. The van der Waals surface area contributed by atoms with E-state index in [1.54, 1.807) is 18.2 Å². The van der Waals surface area contributed by atoms with E-state index in [1.807, 2.05) is 20.8 Å². The zero-order valence-corrected chi connectivity index (χ0v) is 13.0. The molecule has 1 aliphatic heterocycles. The molecule has 0 aliphatic carbocycles. The molecule has 1 aromatic carbocycles. The minimum absolute atomic E-state index is 0.0350. The molecule has 0 bridgehead atoms. The molecule has 20 heavy (non-hydrogen) atoms. The number of hydrogen-bond acceptors (Lipinski definition) is 2. The number of hydrogen-bond donors (Lipinski definition) is 1. The molecule has 0 saturated carbocycles. The minimum Gasteiger partial charge on any atom is -0.342 e. The normalized spacial score (nSPS) is 20.1. The monoisotopic (exact) mass is 314 g/mol. The second kappa shape index (κ2) is 5.26. The number of halogens is 2. The van der Waals surface area contributed by atoms with Gasteiger partial charge in [0.2, 0.25) is 5.91 Å². The lowest BCUT2D eigenvalue weighted by Gasteiger charge is -2.39. The quantitative estimate of drug-likeness (QED) is 0.866. The van der Waals surface area contributed by atoms with Crippen LogP contribution in [-0.2, 0) is 9.59 Å². The van der Waals surface area contributed by atoms with Crippen molar-refractivity contribution in [2.24, 2.45) is 5.41 Å². The second-order valence-electron chi connectivity index (χ2n) is 5.89. The van der Waals surface area contributed by atoms with Gasteiger partial charge in [0, 0.05) is 5.02 Å². The maximum Gasteiger partial charge on any atom is 0.250 e. The molecule has 108 valence electrons. The van der Waals surface area contributed by atoms with Crippen molar-refractivity contribution in [1.29, 1.82) is 0 Å². The number of anilines is 1. The molecule has 0 spiro atoms. The lowest BCUT2D eigenvalue weighted by atomic mass is 9.84. The maximum atomic E-state index is 12.6. The van der Waals surface area contributed by atoms with Crippen molar-refractivity contribution < 1.29 is 9.59 Å². The van der Waals surface area contributed by atoms with Gasteiger partial charge in [-0.3, -0.25) is 14.5 Å². The van der Waals surface area contributed by atoms with Gasteiger partial charge in [-0.15, -0.1) is 0 Å². The summed E-state index contributed by atoms with van der Waals surface area (Å²) in [5.74, 6) is -0.364. The van der Waals surface area contributed by atoms with E-state index >= 15 is 0 Å². The van der Waals surface area contributed by atoms with E-state index in [2.05, 4.69) is 5.32 Å². The third-order valence-corrected chi connectivity index (χ3v) is 3.72. The first-order valence-electron chi connectivity index (χ1n) is 6.26. The van der Waals surface area contributed by atoms with Gasteiger partial charge in [0.15, 0.2) is 0 Å². The van der Waals surface area contributed by atoms with Crippen molar-refractivity contribution in [3.8, 4) is 0 Å². The highest BCUT2D eigenvalue weighted by molar-refractivity contribution is 6.37. The van der Waals surface area contributed by atoms with Crippen LogP contribution in [0.5, 0.6) is 0 Å². The van der Waals surface area contributed by atoms with Crippen LogP contribution in [0.2, 0.25) is 10.0 Å². The molecule has 1 saturated heterocycles. The first-order valence-corrected chi connectivity index (χ1v) is 7.01. The molecular formula is C14H16Cl2N2O2. The molecule has 1 aliphatic rings. The third-order valence-electron chi connectivity index (χ3n) is 3.19. The van der Waals surface area contributed by atoms with Gasteiger partial charge >= 0.3 is 0 Å². The number of carbonyl (C=O) groups is 2. The Morgan fingerprint density at radius 3 is 2.45 bits per heavy atom. The molecule has 1 atom stereocenters. The van der Waals surface area contributed by atoms with Crippen LogP contribution in [0.25, 0.3) is 0 Å². The third kappa shape index (κ3) is 2.91. The van der Waals surface area contributed by atoms with Crippen molar-refractivity contribution in [2.75, 3.05) is 11.4 Å². The van der Waals surface area contributed by atoms with E-state index < -0.39 is 6.04 Å². The van der Waals surface area contributed by atoms with Gasteiger partial charge in [0.1, 0.15) is 12.6 Å². The van der Waals surface area contributed by atoms with Crippen LogP contribution in [0.1, 0.15) is 20.8 Å². The van der Waals surface area contributed by atoms with Crippen molar-refractivity contribution in [3.63, 3.8) is 0 Å². The molecule has 0 aromatic heterocycles. The van der Waals surface area contributed by atoms with Gasteiger partial charge in [-0.25, -0.2) is 0 Å². The molecule has 1 aromatic rings. The molecule has 1 N–H and O–H groups in total. The summed E-state index contributed by atoms with van der Waals surface area (Å²) >= 11 is 12.0. The highest BCUT2D eigenvalue weighted by Gasteiger charge is 2.40. The summed E-state index contributed by atoms with van der Waals surface area (Å²) in [7, 11) is 0. The van der Waals surface area contributed by atoms with Gasteiger partial charge in [0.05, 0.1) is 10.7 Å². The van der Waals surface area contributed by atoms with Gasteiger partial charge in [-0.2, -0.15) is 0 Å². The zero-order valence-electron chi connectivity index (χ0n) is 11.5. The fraction of sp³-hybridized carbons (Fsp3) is 0.429. The summed E-state index contributed by atoms with van der Waals surface area (Å²) in [6, 6.07) is 4.29. The fourth-order valence-corrected chi connectivity index (χ4v) is 2.65. The van der Waals surface area contributed by atoms with Crippen LogP contribution in [0.3, 0.4) is 0 Å². The Bertz CT molecular complexity index is 567. The number of benzene rings is 1. The number of nitrogens with zero attached hydrogens (tertiary/aromatic N) is 1. The van der Waals surface area contributed by atoms with Crippen LogP contribution in [0.4, 0.5) is 5.69 Å². The van der Waals surface area contributed by atoms with E-state index in [4.69, 9.17) is 23.2 Å². The van der Waals surface area contributed by atoms with E-state index in [0.717, 1.165) is 0 Å². The van der Waals surface area contributed by atoms with Crippen LogP contribution in [-0.4, -0.2) is 24.4 Å². The zero-order chi connectivity index (χ0) is 15.1. The predicted octanol–water partition coefficient (Wildman–Crippen LogP) is 2.87. The maximum absolute atomic E-state index is 12.6. The standard InChI is InChI=1S/C14H16Cl2N2O2/c1-14(2,3)12-13(20)18(7-11(19)17-12)10-5-4-8(15)6-9(10)16/h4-6,12H,7H2,1-3H3,(H,17,19). The molecule has 1 unspecified atom stereocenters. The molecule has 1 heterocycles. The Kier molecular flexibility index (Phi) is 3.98. The van der Waals surface area contributed by atoms with Crippen molar-refractivity contribution in [2.45, 2.75) is 26.8 Å².